The normalized spacial score (nSPS) is 11.1. The van der Waals surface area contributed by atoms with Crippen molar-refractivity contribution >= 4 is 29.3 Å². The maximum absolute atomic E-state index is 12.0. The van der Waals surface area contributed by atoms with E-state index in [1.807, 2.05) is 49.3 Å². The Labute approximate surface area is 170 Å². The number of rotatable bonds is 8. The minimum absolute atomic E-state index is 0.331. The Kier molecular flexibility index (Phi) is 8.02. The molecular weight excluding hydrogens is 372 g/mol. The first-order valence-corrected chi connectivity index (χ1v) is 9.17. The fourth-order valence-electron chi connectivity index (χ4n) is 2.37. The molecule has 0 unspecified atom stereocenters. The molecule has 1 atom stereocenters. The predicted molar refractivity (Wildman–Crippen MR) is 112 cm³/mol. The molecule has 3 amide bonds. The highest BCUT2D eigenvalue weighted by molar-refractivity contribution is 5.92. The van der Waals surface area contributed by atoms with Crippen molar-refractivity contribution in [2.24, 2.45) is 0 Å². The summed E-state index contributed by atoms with van der Waals surface area (Å²) in [5.41, 5.74) is 2.60. The molecule has 0 aromatic heterocycles. The lowest BCUT2D eigenvalue weighted by Crippen LogP contribution is -2.42. The van der Waals surface area contributed by atoms with E-state index in [0.29, 0.717) is 12.2 Å². The highest BCUT2D eigenvalue weighted by atomic mass is 16.5. The number of anilines is 2. The summed E-state index contributed by atoms with van der Waals surface area (Å²) in [5.74, 6) is -1.12. The first kappa shape index (κ1) is 21.7. The van der Waals surface area contributed by atoms with E-state index in [9.17, 15) is 14.4 Å². The van der Waals surface area contributed by atoms with Crippen LogP contribution in [0.2, 0.25) is 0 Å². The highest BCUT2D eigenvalue weighted by Crippen LogP contribution is 2.11. The van der Waals surface area contributed by atoms with Crippen molar-refractivity contribution < 1.29 is 19.1 Å². The number of hydrogen-bond donors (Lipinski definition) is 3. The van der Waals surface area contributed by atoms with Gasteiger partial charge in [-0.15, -0.1) is 0 Å². The number of carbonyl (C=O) groups excluding carboxylic acids is 3. The molecule has 8 heteroatoms. The summed E-state index contributed by atoms with van der Waals surface area (Å²) in [4.78, 5) is 37.7. The number of nitrogens with zero attached hydrogens (tertiary/aromatic N) is 1. The van der Waals surface area contributed by atoms with Crippen LogP contribution in [0.25, 0.3) is 0 Å². The van der Waals surface area contributed by atoms with E-state index >= 15 is 0 Å². The van der Waals surface area contributed by atoms with Crippen LogP contribution in [0.15, 0.2) is 54.6 Å². The topological polar surface area (TPSA) is 99.8 Å². The Balaban J connectivity index is 1.69. The molecule has 0 bridgehead atoms. The average Bonchev–Trinajstić information content (AvgIpc) is 2.71. The number of nitrogens with one attached hydrogen (secondary N) is 3. The molecule has 0 spiro atoms. The number of esters is 1. The summed E-state index contributed by atoms with van der Waals surface area (Å²) in [6.07, 6.45) is 0. The van der Waals surface area contributed by atoms with Crippen LogP contribution in [0.5, 0.6) is 0 Å². The fraction of sp³-hybridized carbons (Fsp3) is 0.286. The van der Waals surface area contributed by atoms with Crippen LogP contribution < -0.4 is 20.9 Å². The van der Waals surface area contributed by atoms with Gasteiger partial charge >= 0.3 is 12.0 Å². The lowest BCUT2D eigenvalue weighted by Gasteiger charge is -2.14. The largest absolute Gasteiger partial charge is 0.454 e. The lowest BCUT2D eigenvalue weighted by molar-refractivity contribution is -0.150. The number of amides is 3. The van der Waals surface area contributed by atoms with Gasteiger partial charge in [-0.1, -0.05) is 30.3 Å². The number of para-hydroxylation sites is 1. The van der Waals surface area contributed by atoms with Gasteiger partial charge in [-0.3, -0.25) is 4.79 Å². The monoisotopic (exact) mass is 398 g/mol. The minimum Gasteiger partial charge on any atom is -0.454 e. The van der Waals surface area contributed by atoms with Crippen molar-refractivity contribution in [2.45, 2.75) is 19.5 Å². The van der Waals surface area contributed by atoms with Crippen molar-refractivity contribution in [2.75, 3.05) is 30.9 Å². The van der Waals surface area contributed by atoms with Gasteiger partial charge in [-0.2, -0.15) is 0 Å². The van der Waals surface area contributed by atoms with Crippen LogP contribution in [0.3, 0.4) is 0 Å². The summed E-state index contributed by atoms with van der Waals surface area (Å²) < 4.78 is 4.96. The molecule has 8 nitrogen and oxygen atoms in total. The van der Waals surface area contributed by atoms with E-state index in [1.54, 1.807) is 24.3 Å². The number of carbonyl (C=O) groups is 3. The highest BCUT2D eigenvalue weighted by Gasteiger charge is 2.18. The first-order chi connectivity index (χ1) is 13.8. The summed E-state index contributed by atoms with van der Waals surface area (Å²) in [6.45, 7) is 1.40. The van der Waals surface area contributed by atoms with Crippen molar-refractivity contribution in [3.8, 4) is 0 Å². The zero-order valence-corrected chi connectivity index (χ0v) is 16.8. The number of urea groups is 1. The Morgan fingerprint density at radius 3 is 2.28 bits per heavy atom. The van der Waals surface area contributed by atoms with E-state index in [-0.39, 0.29) is 0 Å². The Bertz CT molecular complexity index is 822. The lowest BCUT2D eigenvalue weighted by atomic mass is 10.2. The molecule has 0 aliphatic heterocycles. The van der Waals surface area contributed by atoms with E-state index in [4.69, 9.17) is 4.74 Å². The number of hydrogen-bond acceptors (Lipinski definition) is 5. The predicted octanol–water partition coefficient (Wildman–Crippen LogP) is 2.12. The molecule has 2 aromatic carbocycles. The maximum atomic E-state index is 12.0. The molecule has 2 rings (SSSR count). The van der Waals surface area contributed by atoms with Crippen LogP contribution in [0.4, 0.5) is 16.2 Å². The van der Waals surface area contributed by atoms with Gasteiger partial charge in [0.15, 0.2) is 6.61 Å². The van der Waals surface area contributed by atoms with Gasteiger partial charge in [0.25, 0.3) is 5.91 Å². The summed E-state index contributed by atoms with van der Waals surface area (Å²) in [5, 5.41) is 7.75. The van der Waals surface area contributed by atoms with E-state index < -0.39 is 30.6 Å². The molecule has 0 radical (unpaired) electrons. The first-order valence-electron chi connectivity index (χ1n) is 9.17. The third-order valence-electron chi connectivity index (χ3n) is 4.02. The third-order valence-corrected chi connectivity index (χ3v) is 4.02. The smallest absolute Gasteiger partial charge is 0.328 e. The summed E-state index contributed by atoms with van der Waals surface area (Å²) >= 11 is 0. The van der Waals surface area contributed by atoms with Crippen LogP contribution in [0, 0.1) is 0 Å². The average molecular weight is 398 g/mol. The zero-order chi connectivity index (χ0) is 21.2. The van der Waals surface area contributed by atoms with Gasteiger partial charge in [0.05, 0.1) is 0 Å². The molecule has 0 saturated carbocycles. The second-order valence-corrected chi connectivity index (χ2v) is 6.63. The van der Waals surface area contributed by atoms with E-state index in [2.05, 4.69) is 16.0 Å². The minimum atomic E-state index is -0.898. The third kappa shape index (κ3) is 7.53. The summed E-state index contributed by atoms with van der Waals surface area (Å²) in [6, 6.07) is 15.1. The fourth-order valence-corrected chi connectivity index (χ4v) is 2.37. The van der Waals surface area contributed by atoms with Crippen molar-refractivity contribution in [3.63, 3.8) is 0 Å². The quantitative estimate of drug-likeness (QED) is 0.592. The second-order valence-electron chi connectivity index (χ2n) is 6.63. The molecule has 154 valence electrons. The maximum Gasteiger partial charge on any atom is 0.328 e. The molecule has 0 heterocycles. The van der Waals surface area contributed by atoms with Crippen LogP contribution in [0.1, 0.15) is 12.5 Å². The molecule has 2 aromatic rings. The zero-order valence-electron chi connectivity index (χ0n) is 16.8. The van der Waals surface area contributed by atoms with Crippen LogP contribution >= 0.6 is 0 Å². The van der Waals surface area contributed by atoms with Gasteiger partial charge < -0.3 is 25.6 Å². The molecule has 29 heavy (non-hydrogen) atoms. The molecule has 0 aliphatic carbocycles. The molecule has 0 fully saturated rings. The van der Waals surface area contributed by atoms with Crippen LogP contribution in [-0.2, 0) is 20.9 Å². The number of ether oxygens (including phenoxy) is 1. The van der Waals surface area contributed by atoms with Gasteiger partial charge in [-0.25, -0.2) is 9.59 Å². The molecule has 0 saturated heterocycles. The van der Waals surface area contributed by atoms with E-state index in [1.165, 1.54) is 6.92 Å². The SMILES string of the molecule is C[C@H](NC(=O)Nc1ccccc1)C(=O)OCC(=O)NCc1ccc(N(C)C)cc1. The second kappa shape index (κ2) is 10.7. The Morgan fingerprint density at radius 2 is 1.66 bits per heavy atom. The number of benzene rings is 2. The molecule has 3 N–H and O–H groups in total. The molecular formula is C21H26N4O4. The van der Waals surface area contributed by atoms with Crippen LogP contribution in [-0.4, -0.2) is 44.7 Å². The van der Waals surface area contributed by atoms with Gasteiger partial charge in [0, 0.05) is 32.0 Å². The standard InChI is InChI=1S/C21H26N4O4/c1-15(23-21(28)24-17-7-5-4-6-8-17)20(27)29-14-19(26)22-13-16-9-11-18(12-10-16)25(2)3/h4-12,15H,13-14H2,1-3H3,(H,22,26)(H2,23,24,28)/t15-/m0/s1. The van der Waals surface area contributed by atoms with E-state index in [0.717, 1.165) is 11.3 Å². The van der Waals surface area contributed by atoms with Gasteiger partial charge in [0.1, 0.15) is 6.04 Å². The van der Waals surface area contributed by atoms with Gasteiger partial charge in [0.2, 0.25) is 0 Å². The Morgan fingerprint density at radius 1 is 1.00 bits per heavy atom. The molecule has 0 aliphatic rings. The van der Waals surface area contributed by atoms with Gasteiger partial charge in [-0.05, 0) is 36.8 Å². The Hall–Kier alpha value is -3.55. The van der Waals surface area contributed by atoms with Crippen molar-refractivity contribution in [3.05, 3.63) is 60.2 Å². The summed E-state index contributed by atoms with van der Waals surface area (Å²) in [7, 11) is 3.90. The van der Waals surface area contributed by atoms with Crippen molar-refractivity contribution in [1.82, 2.24) is 10.6 Å². The van der Waals surface area contributed by atoms with Crippen molar-refractivity contribution in [1.29, 1.82) is 0 Å².